The van der Waals surface area contributed by atoms with Gasteiger partial charge in [-0.15, -0.1) is 0 Å². The van der Waals surface area contributed by atoms with Gasteiger partial charge in [0.2, 0.25) is 5.72 Å². The zero-order chi connectivity index (χ0) is 25.8. The number of carbonyl (C=O) groups excluding carboxylic acids is 2. The zero-order valence-electron chi connectivity index (χ0n) is 21.1. The number of likely N-dealkylation sites (N-methyl/N-ethyl adjacent to an activating group) is 1. The molecular formula is C33H27NO3. The summed E-state index contributed by atoms with van der Waals surface area (Å²) in [6, 6.07) is 30.1. The lowest BCUT2D eigenvalue weighted by Crippen LogP contribution is -2.58. The molecule has 4 nitrogen and oxygen atoms in total. The van der Waals surface area contributed by atoms with Crippen LogP contribution in [0.4, 0.5) is 5.69 Å². The second-order valence-electron chi connectivity index (χ2n) is 10.2. The lowest BCUT2D eigenvalue weighted by atomic mass is 9.75. The predicted octanol–water partition coefficient (Wildman–Crippen LogP) is 6.68. The second-order valence-corrected chi connectivity index (χ2v) is 10.2. The first-order valence-corrected chi connectivity index (χ1v) is 12.4. The van der Waals surface area contributed by atoms with Gasteiger partial charge >= 0.3 is 0 Å². The number of hydrogen-bond acceptors (Lipinski definition) is 4. The molecule has 1 spiro atoms. The van der Waals surface area contributed by atoms with Crippen LogP contribution in [0.1, 0.15) is 56.8 Å². The van der Waals surface area contributed by atoms with Gasteiger partial charge in [0.15, 0.2) is 11.6 Å². The Kier molecular flexibility index (Phi) is 5.16. The maximum Gasteiger partial charge on any atom is 0.211 e. The Bertz CT molecular complexity index is 1570. The van der Waals surface area contributed by atoms with E-state index in [0.717, 1.165) is 22.6 Å². The van der Waals surface area contributed by atoms with Gasteiger partial charge in [0, 0.05) is 40.6 Å². The topological polar surface area (TPSA) is 46.6 Å². The number of benzene rings is 4. The average Bonchev–Trinajstić information content (AvgIpc) is 3.10. The summed E-state index contributed by atoms with van der Waals surface area (Å²) < 4.78 is 6.76. The highest BCUT2D eigenvalue weighted by Gasteiger charge is 2.57. The van der Waals surface area contributed by atoms with Gasteiger partial charge in [0.1, 0.15) is 5.75 Å². The summed E-state index contributed by atoms with van der Waals surface area (Å²) in [6.07, 6.45) is 4.12. The van der Waals surface area contributed by atoms with Gasteiger partial charge in [-0.25, -0.2) is 0 Å². The number of fused-ring (bicyclic) bond motifs is 2. The summed E-state index contributed by atoms with van der Waals surface area (Å²) in [5, 5.41) is 0. The molecule has 4 heteroatoms. The van der Waals surface area contributed by atoms with Crippen molar-refractivity contribution >= 4 is 23.3 Å². The summed E-state index contributed by atoms with van der Waals surface area (Å²) >= 11 is 0. The summed E-state index contributed by atoms with van der Waals surface area (Å²) in [5.74, 6) is 0.711. The van der Waals surface area contributed by atoms with Crippen LogP contribution in [0.25, 0.3) is 6.08 Å². The Hall–Kier alpha value is -4.44. The molecule has 0 saturated carbocycles. The van der Waals surface area contributed by atoms with Crippen LogP contribution in [0.15, 0.2) is 103 Å². The van der Waals surface area contributed by atoms with E-state index in [2.05, 4.69) is 24.8 Å². The molecule has 2 aliphatic rings. The number of nitrogens with zero attached hydrogens (tertiary/aromatic N) is 1. The number of rotatable bonds is 4. The van der Waals surface area contributed by atoms with Crippen LogP contribution in [0.2, 0.25) is 0 Å². The molecule has 0 fully saturated rings. The third kappa shape index (κ3) is 3.44. The van der Waals surface area contributed by atoms with Gasteiger partial charge in [-0.2, -0.15) is 0 Å². The molecule has 37 heavy (non-hydrogen) atoms. The highest BCUT2D eigenvalue weighted by Crippen LogP contribution is 2.54. The van der Waals surface area contributed by atoms with Crippen molar-refractivity contribution in [1.82, 2.24) is 0 Å². The van der Waals surface area contributed by atoms with Crippen molar-refractivity contribution in [3.63, 3.8) is 0 Å². The summed E-state index contributed by atoms with van der Waals surface area (Å²) in [5.41, 5.74) is 4.33. The van der Waals surface area contributed by atoms with E-state index >= 15 is 0 Å². The van der Waals surface area contributed by atoms with Crippen molar-refractivity contribution in [2.24, 2.45) is 0 Å². The fourth-order valence-corrected chi connectivity index (χ4v) is 5.61. The minimum atomic E-state index is -0.776. The van der Waals surface area contributed by atoms with Crippen LogP contribution < -0.4 is 9.64 Å². The van der Waals surface area contributed by atoms with Crippen LogP contribution in [-0.2, 0) is 5.41 Å². The van der Waals surface area contributed by atoms with E-state index in [1.165, 1.54) is 0 Å². The molecule has 0 bridgehead atoms. The first-order valence-electron chi connectivity index (χ1n) is 12.4. The second kappa shape index (κ2) is 8.31. The quantitative estimate of drug-likeness (QED) is 0.303. The normalized spacial score (nSPS) is 18.7. The minimum Gasteiger partial charge on any atom is -0.463 e. The van der Waals surface area contributed by atoms with Crippen LogP contribution in [-0.4, -0.2) is 24.3 Å². The van der Waals surface area contributed by atoms with Gasteiger partial charge in [-0.05, 0) is 68.0 Å². The van der Waals surface area contributed by atoms with Crippen molar-refractivity contribution in [2.45, 2.75) is 25.0 Å². The van der Waals surface area contributed by atoms with E-state index in [1.807, 2.05) is 110 Å². The third-order valence-corrected chi connectivity index (χ3v) is 7.79. The molecule has 2 heterocycles. The van der Waals surface area contributed by atoms with E-state index in [-0.39, 0.29) is 11.6 Å². The highest BCUT2D eigenvalue weighted by molar-refractivity contribution is 6.10. The number of ether oxygens (including phenoxy) is 1. The molecule has 182 valence electrons. The summed E-state index contributed by atoms with van der Waals surface area (Å²) in [6.45, 7) is 4.30. The monoisotopic (exact) mass is 485 g/mol. The van der Waals surface area contributed by atoms with E-state index in [0.29, 0.717) is 22.3 Å². The average molecular weight is 486 g/mol. The van der Waals surface area contributed by atoms with Crippen LogP contribution in [0.5, 0.6) is 5.75 Å². The molecule has 1 unspecified atom stereocenters. The fraction of sp³-hybridized carbons (Fsp3) is 0.152. The van der Waals surface area contributed by atoms with Crippen LogP contribution >= 0.6 is 0 Å². The lowest BCUT2D eigenvalue weighted by Gasteiger charge is -2.45. The maximum absolute atomic E-state index is 13.2. The molecule has 0 aromatic heterocycles. The first-order chi connectivity index (χ1) is 17.8. The molecule has 0 saturated heterocycles. The van der Waals surface area contributed by atoms with Crippen LogP contribution in [0, 0.1) is 0 Å². The Morgan fingerprint density at radius 3 is 1.89 bits per heavy atom. The number of hydrogen-bond donors (Lipinski definition) is 0. The SMILES string of the molecule is CN1c2ccc(C(=O)c3ccccc3)cc2C(C)(C)C12C=Cc1cc(C(=O)c3ccccc3)ccc1O2. The first kappa shape index (κ1) is 23.0. The van der Waals surface area contributed by atoms with Gasteiger partial charge in [-0.3, -0.25) is 9.59 Å². The van der Waals surface area contributed by atoms with E-state index in [9.17, 15) is 9.59 Å². The molecule has 0 amide bonds. The molecule has 1 atom stereocenters. The van der Waals surface area contributed by atoms with Crippen molar-refractivity contribution < 1.29 is 14.3 Å². The molecule has 2 aliphatic heterocycles. The van der Waals surface area contributed by atoms with Gasteiger partial charge in [-0.1, -0.05) is 60.7 Å². The zero-order valence-corrected chi connectivity index (χ0v) is 21.1. The van der Waals surface area contributed by atoms with Crippen LogP contribution in [0.3, 0.4) is 0 Å². The Morgan fingerprint density at radius 1 is 0.703 bits per heavy atom. The molecule has 6 rings (SSSR count). The largest absolute Gasteiger partial charge is 0.463 e. The Balaban J connectivity index is 1.35. The van der Waals surface area contributed by atoms with Gasteiger partial charge in [0.05, 0.1) is 5.41 Å². The standard InChI is InChI=1S/C33H27NO3/c1-32(2)27-21-26(31(36)23-12-8-5-9-13-23)14-16-28(27)34(3)33(32)19-18-24-20-25(15-17-29(24)37-33)30(35)22-10-6-4-7-11-22/h4-21H,1-3H3. The Labute approximate surface area is 216 Å². The number of anilines is 1. The molecular weight excluding hydrogens is 458 g/mol. The number of ketones is 2. The summed E-state index contributed by atoms with van der Waals surface area (Å²) in [7, 11) is 2.02. The van der Waals surface area contributed by atoms with E-state index in [1.54, 1.807) is 0 Å². The van der Waals surface area contributed by atoms with E-state index in [4.69, 9.17) is 4.74 Å². The minimum absolute atomic E-state index is 0.00358. The van der Waals surface area contributed by atoms with Gasteiger partial charge < -0.3 is 9.64 Å². The van der Waals surface area contributed by atoms with Crippen molar-refractivity contribution in [2.75, 3.05) is 11.9 Å². The molecule has 4 aromatic carbocycles. The molecule has 0 radical (unpaired) electrons. The van der Waals surface area contributed by atoms with Crippen molar-refractivity contribution in [1.29, 1.82) is 0 Å². The van der Waals surface area contributed by atoms with Crippen molar-refractivity contribution in [3.8, 4) is 5.75 Å². The van der Waals surface area contributed by atoms with Gasteiger partial charge in [0.25, 0.3) is 0 Å². The third-order valence-electron chi connectivity index (χ3n) is 7.79. The predicted molar refractivity (Wildman–Crippen MR) is 146 cm³/mol. The molecule has 0 N–H and O–H groups in total. The summed E-state index contributed by atoms with van der Waals surface area (Å²) in [4.78, 5) is 28.3. The molecule has 0 aliphatic carbocycles. The highest BCUT2D eigenvalue weighted by atomic mass is 16.5. The Morgan fingerprint density at radius 2 is 1.27 bits per heavy atom. The number of carbonyl (C=O) groups is 2. The lowest BCUT2D eigenvalue weighted by molar-refractivity contribution is 0.0581. The maximum atomic E-state index is 13.2. The van der Waals surface area contributed by atoms with E-state index < -0.39 is 11.1 Å². The van der Waals surface area contributed by atoms with Crippen molar-refractivity contribution in [3.05, 3.63) is 137 Å². The fourth-order valence-electron chi connectivity index (χ4n) is 5.61. The molecule has 4 aromatic rings. The smallest absolute Gasteiger partial charge is 0.211 e.